The first-order chi connectivity index (χ1) is 6.27. The van der Waals surface area contributed by atoms with Crippen molar-refractivity contribution < 1.29 is 4.39 Å². The van der Waals surface area contributed by atoms with E-state index >= 15 is 0 Å². The highest BCUT2D eigenvalue weighted by atomic mass is 35.5. The van der Waals surface area contributed by atoms with E-state index in [9.17, 15) is 4.39 Å². The highest BCUT2D eigenvalue weighted by Crippen LogP contribution is 2.28. The molecule has 0 unspecified atom stereocenters. The Kier molecular flexibility index (Phi) is 2.24. The highest BCUT2D eigenvalue weighted by molar-refractivity contribution is 7.12. The Balaban J connectivity index is 2.57. The summed E-state index contributed by atoms with van der Waals surface area (Å²) in [7, 11) is 0. The lowest BCUT2D eigenvalue weighted by molar-refractivity contribution is 0.628. The third kappa shape index (κ3) is 1.68. The first-order valence-corrected chi connectivity index (χ1v) is 4.75. The number of hydrogen-bond donors (Lipinski definition) is 0. The zero-order valence-corrected chi connectivity index (χ0v) is 7.94. The lowest BCUT2D eigenvalue weighted by Gasteiger charge is -1.98. The second-order valence-electron chi connectivity index (χ2n) is 2.37. The summed E-state index contributed by atoms with van der Waals surface area (Å²) in [6, 6.07) is 4.17. The van der Waals surface area contributed by atoms with Crippen LogP contribution in [0, 0.1) is 5.82 Å². The van der Waals surface area contributed by atoms with E-state index in [2.05, 4.69) is 10.2 Å². The topological polar surface area (TPSA) is 25.8 Å². The van der Waals surface area contributed by atoms with E-state index in [1.165, 1.54) is 29.5 Å². The van der Waals surface area contributed by atoms with Crippen molar-refractivity contribution in [3.8, 4) is 10.6 Å². The number of nitrogens with zero attached hydrogens (tertiary/aromatic N) is 2. The van der Waals surface area contributed by atoms with Gasteiger partial charge in [0.1, 0.15) is 16.3 Å². The van der Waals surface area contributed by atoms with Gasteiger partial charge in [0.25, 0.3) is 0 Å². The Hall–Kier alpha value is -1.000. The second-order valence-corrected chi connectivity index (χ2v) is 3.61. The Bertz CT molecular complexity index is 416. The van der Waals surface area contributed by atoms with Gasteiger partial charge in [-0.2, -0.15) is 0 Å². The van der Waals surface area contributed by atoms with E-state index in [0.717, 1.165) is 0 Å². The molecule has 0 spiro atoms. The van der Waals surface area contributed by atoms with Crippen LogP contribution in [0.5, 0.6) is 0 Å². The van der Waals surface area contributed by atoms with E-state index in [4.69, 9.17) is 11.6 Å². The predicted molar refractivity (Wildman–Crippen MR) is 50.3 cm³/mol. The molecule has 0 aliphatic carbocycles. The van der Waals surface area contributed by atoms with Crippen molar-refractivity contribution in [2.75, 3.05) is 0 Å². The van der Waals surface area contributed by atoms with E-state index in [1.807, 2.05) is 0 Å². The number of hydrogen-bond acceptors (Lipinski definition) is 3. The molecular formula is C8H4ClFN2S. The molecule has 0 N–H and O–H groups in total. The van der Waals surface area contributed by atoms with Crippen molar-refractivity contribution in [1.82, 2.24) is 10.2 Å². The fraction of sp³-hybridized carbons (Fsp3) is 0. The molecule has 13 heavy (non-hydrogen) atoms. The molecule has 2 rings (SSSR count). The van der Waals surface area contributed by atoms with Crippen molar-refractivity contribution in [2.24, 2.45) is 0 Å². The maximum absolute atomic E-state index is 12.8. The molecule has 1 heterocycles. The van der Waals surface area contributed by atoms with Gasteiger partial charge in [0, 0.05) is 5.56 Å². The highest BCUT2D eigenvalue weighted by Gasteiger charge is 2.07. The van der Waals surface area contributed by atoms with Crippen LogP contribution in [0.25, 0.3) is 10.6 Å². The Morgan fingerprint density at radius 3 is 2.92 bits per heavy atom. The van der Waals surface area contributed by atoms with Gasteiger partial charge in [0.05, 0.1) is 5.02 Å². The van der Waals surface area contributed by atoms with Crippen molar-refractivity contribution in [2.45, 2.75) is 0 Å². The molecule has 66 valence electrons. The van der Waals surface area contributed by atoms with Gasteiger partial charge in [-0.05, 0) is 18.2 Å². The summed E-state index contributed by atoms with van der Waals surface area (Å²) >= 11 is 7.19. The molecule has 2 aromatic rings. The summed E-state index contributed by atoms with van der Waals surface area (Å²) < 4.78 is 12.8. The third-order valence-corrected chi connectivity index (χ3v) is 2.57. The van der Waals surface area contributed by atoms with Crippen LogP contribution < -0.4 is 0 Å². The van der Waals surface area contributed by atoms with Gasteiger partial charge in [-0.1, -0.05) is 22.9 Å². The molecule has 0 fully saturated rings. The van der Waals surface area contributed by atoms with E-state index < -0.39 is 0 Å². The average Bonchev–Trinajstić information content (AvgIpc) is 2.61. The Morgan fingerprint density at radius 2 is 2.23 bits per heavy atom. The SMILES string of the molecule is Fc1ccc(Cl)c(-c2nncs2)c1. The molecule has 0 radical (unpaired) electrons. The van der Waals surface area contributed by atoms with Gasteiger partial charge in [-0.25, -0.2) is 4.39 Å². The van der Waals surface area contributed by atoms with Gasteiger partial charge >= 0.3 is 0 Å². The summed E-state index contributed by atoms with van der Waals surface area (Å²) in [4.78, 5) is 0. The summed E-state index contributed by atoms with van der Waals surface area (Å²) in [5, 5.41) is 8.58. The zero-order chi connectivity index (χ0) is 9.26. The molecule has 2 nitrogen and oxygen atoms in total. The van der Waals surface area contributed by atoms with Crippen LogP contribution in [-0.2, 0) is 0 Å². The number of halogens is 2. The van der Waals surface area contributed by atoms with Gasteiger partial charge in [-0.3, -0.25) is 0 Å². The average molecular weight is 215 g/mol. The lowest BCUT2D eigenvalue weighted by atomic mass is 10.2. The fourth-order valence-corrected chi connectivity index (χ4v) is 1.80. The van der Waals surface area contributed by atoms with Crippen LogP contribution in [0.4, 0.5) is 4.39 Å². The van der Waals surface area contributed by atoms with Gasteiger partial charge in [0.2, 0.25) is 0 Å². The minimum absolute atomic E-state index is 0.324. The molecule has 0 bridgehead atoms. The second kappa shape index (κ2) is 3.40. The van der Waals surface area contributed by atoms with Crippen molar-refractivity contribution in [3.05, 3.63) is 34.5 Å². The summed E-state index contributed by atoms with van der Waals surface area (Å²) in [6.07, 6.45) is 0. The summed E-state index contributed by atoms with van der Waals surface area (Å²) in [5.41, 5.74) is 2.17. The Morgan fingerprint density at radius 1 is 1.38 bits per heavy atom. The van der Waals surface area contributed by atoms with Crippen LogP contribution in [0.2, 0.25) is 5.02 Å². The smallest absolute Gasteiger partial charge is 0.149 e. The minimum atomic E-state index is -0.324. The van der Waals surface area contributed by atoms with Gasteiger partial charge in [0.15, 0.2) is 0 Å². The van der Waals surface area contributed by atoms with Crippen LogP contribution in [0.15, 0.2) is 23.7 Å². The lowest BCUT2D eigenvalue weighted by Crippen LogP contribution is -1.81. The van der Waals surface area contributed by atoms with Crippen molar-refractivity contribution in [3.63, 3.8) is 0 Å². The number of aromatic nitrogens is 2. The molecule has 1 aromatic heterocycles. The normalized spacial score (nSPS) is 10.3. The standard InChI is InChI=1S/C8H4ClFN2S/c9-7-2-1-5(10)3-6(7)8-12-11-4-13-8/h1-4H. The van der Waals surface area contributed by atoms with Crippen molar-refractivity contribution >= 4 is 22.9 Å². The largest absolute Gasteiger partial charge is 0.207 e. The Labute approximate surface area is 83.0 Å². The number of benzene rings is 1. The predicted octanol–water partition coefficient (Wildman–Crippen LogP) is 3.00. The minimum Gasteiger partial charge on any atom is -0.207 e. The van der Waals surface area contributed by atoms with Crippen LogP contribution in [-0.4, -0.2) is 10.2 Å². The van der Waals surface area contributed by atoms with Crippen LogP contribution in [0.3, 0.4) is 0 Å². The molecule has 0 aliphatic rings. The van der Waals surface area contributed by atoms with Crippen molar-refractivity contribution in [1.29, 1.82) is 0 Å². The third-order valence-electron chi connectivity index (χ3n) is 1.52. The van der Waals surface area contributed by atoms with Gasteiger partial charge in [-0.15, -0.1) is 10.2 Å². The molecule has 0 atom stereocenters. The summed E-state index contributed by atoms with van der Waals surface area (Å²) in [5.74, 6) is -0.324. The first kappa shape index (κ1) is 8.59. The van der Waals surface area contributed by atoms with E-state index in [0.29, 0.717) is 15.6 Å². The maximum Gasteiger partial charge on any atom is 0.149 e. The monoisotopic (exact) mass is 214 g/mol. The van der Waals surface area contributed by atoms with Crippen LogP contribution >= 0.6 is 22.9 Å². The van der Waals surface area contributed by atoms with E-state index in [-0.39, 0.29) is 5.82 Å². The first-order valence-electron chi connectivity index (χ1n) is 3.49. The summed E-state index contributed by atoms with van der Waals surface area (Å²) in [6.45, 7) is 0. The molecular weight excluding hydrogens is 211 g/mol. The number of rotatable bonds is 1. The molecule has 0 aliphatic heterocycles. The fourth-order valence-electron chi connectivity index (χ4n) is 0.952. The molecule has 0 saturated carbocycles. The molecule has 1 aromatic carbocycles. The van der Waals surface area contributed by atoms with Crippen LogP contribution in [0.1, 0.15) is 0 Å². The quantitative estimate of drug-likeness (QED) is 0.729. The molecule has 0 amide bonds. The van der Waals surface area contributed by atoms with E-state index in [1.54, 1.807) is 5.51 Å². The zero-order valence-electron chi connectivity index (χ0n) is 6.37. The maximum atomic E-state index is 12.8. The molecule has 5 heteroatoms. The van der Waals surface area contributed by atoms with Gasteiger partial charge < -0.3 is 0 Å². The molecule has 0 saturated heterocycles.